The van der Waals surface area contributed by atoms with Gasteiger partial charge in [0.15, 0.2) is 0 Å². The molecule has 1 fully saturated rings. The smallest absolute Gasteiger partial charge is 0.302 e. The van der Waals surface area contributed by atoms with E-state index in [9.17, 15) is 4.57 Å². The summed E-state index contributed by atoms with van der Waals surface area (Å²) in [4.78, 5) is 11.2. The minimum Gasteiger partial charge on any atom is -0.302 e. The van der Waals surface area contributed by atoms with Gasteiger partial charge in [-0.1, -0.05) is 6.92 Å². The van der Waals surface area contributed by atoms with Crippen LogP contribution < -0.4 is 0 Å². The first-order valence-corrected chi connectivity index (χ1v) is 6.39. The summed E-state index contributed by atoms with van der Waals surface area (Å²) >= 11 is 0. The van der Waals surface area contributed by atoms with Crippen molar-refractivity contribution in [3.8, 4) is 0 Å². The molecule has 1 N–H and O–H groups in total. The van der Waals surface area contributed by atoms with E-state index in [-0.39, 0.29) is 6.23 Å². The Hall–Kier alpha value is 0.0700. The highest BCUT2D eigenvalue weighted by atomic mass is 31.2. The van der Waals surface area contributed by atoms with Crippen LogP contribution in [-0.4, -0.2) is 36.2 Å². The van der Waals surface area contributed by atoms with Gasteiger partial charge in [0.05, 0.1) is 0 Å². The molecule has 2 unspecified atom stereocenters. The Morgan fingerprint density at radius 2 is 2.36 bits per heavy atom. The van der Waals surface area contributed by atoms with Gasteiger partial charge in [-0.2, -0.15) is 0 Å². The predicted octanol–water partition coefficient (Wildman–Crippen LogP) is 1.58. The van der Waals surface area contributed by atoms with Crippen LogP contribution in [0.4, 0.5) is 0 Å². The average molecular weight is 223 g/mol. The number of rotatable bonds is 5. The van der Waals surface area contributed by atoms with Gasteiger partial charge in [0.25, 0.3) is 0 Å². The lowest BCUT2D eigenvalue weighted by atomic mass is 10.4. The standard InChI is InChI=1S/C8H18NO4P/c1-3-6-9-7-4-5-8(9)13-14(10,11)12-2/h8H,3-7H2,1-2H3,(H,10,11). The third kappa shape index (κ3) is 3.33. The predicted molar refractivity (Wildman–Crippen MR) is 52.8 cm³/mol. The minimum atomic E-state index is -3.83. The van der Waals surface area contributed by atoms with E-state index in [1.165, 1.54) is 7.11 Å². The Balaban J connectivity index is 2.47. The lowest BCUT2D eigenvalue weighted by molar-refractivity contribution is 0.0274. The van der Waals surface area contributed by atoms with Gasteiger partial charge >= 0.3 is 7.82 Å². The molecule has 0 aromatic heterocycles. The highest BCUT2D eigenvalue weighted by molar-refractivity contribution is 7.47. The Labute approximate surface area is 84.6 Å². The second-order valence-electron chi connectivity index (χ2n) is 3.39. The van der Waals surface area contributed by atoms with Crippen molar-refractivity contribution in [2.75, 3.05) is 20.2 Å². The van der Waals surface area contributed by atoms with Crippen LogP contribution in [0.5, 0.6) is 0 Å². The lowest BCUT2D eigenvalue weighted by Crippen LogP contribution is -2.31. The molecule has 0 aliphatic carbocycles. The van der Waals surface area contributed by atoms with Crippen molar-refractivity contribution < 1.29 is 18.5 Å². The summed E-state index contributed by atoms with van der Waals surface area (Å²) in [5.74, 6) is 0. The van der Waals surface area contributed by atoms with Gasteiger partial charge < -0.3 is 4.89 Å². The SMILES string of the molecule is CCCN1CCCC1OP(=O)(O)OC. The van der Waals surface area contributed by atoms with Gasteiger partial charge in [0, 0.05) is 20.2 Å². The Bertz CT molecular complexity index is 223. The van der Waals surface area contributed by atoms with Crippen LogP contribution in [0.1, 0.15) is 26.2 Å². The van der Waals surface area contributed by atoms with Crippen molar-refractivity contribution in [3.05, 3.63) is 0 Å². The maximum absolute atomic E-state index is 11.2. The molecule has 6 heteroatoms. The molecule has 84 valence electrons. The monoisotopic (exact) mass is 223 g/mol. The highest BCUT2D eigenvalue weighted by Gasteiger charge is 2.32. The van der Waals surface area contributed by atoms with Crippen LogP contribution in [0.3, 0.4) is 0 Å². The summed E-state index contributed by atoms with van der Waals surface area (Å²) in [6.07, 6.45) is 2.57. The fourth-order valence-electron chi connectivity index (χ4n) is 1.65. The fraction of sp³-hybridized carbons (Fsp3) is 1.00. The zero-order chi connectivity index (χ0) is 10.6. The van der Waals surface area contributed by atoms with Gasteiger partial charge in [-0.25, -0.2) is 4.57 Å². The molecule has 1 rings (SSSR count). The zero-order valence-electron chi connectivity index (χ0n) is 8.68. The largest absolute Gasteiger partial charge is 0.473 e. The lowest BCUT2D eigenvalue weighted by Gasteiger charge is -2.24. The number of hydrogen-bond acceptors (Lipinski definition) is 4. The van der Waals surface area contributed by atoms with Crippen LogP contribution >= 0.6 is 7.82 Å². The molecule has 0 radical (unpaired) electrons. The number of likely N-dealkylation sites (tertiary alicyclic amines) is 1. The fourth-order valence-corrected chi connectivity index (χ4v) is 2.29. The normalized spacial score (nSPS) is 27.8. The molecule has 0 saturated carbocycles. The molecule has 0 spiro atoms. The van der Waals surface area contributed by atoms with E-state index >= 15 is 0 Å². The molecule has 1 aliphatic heterocycles. The van der Waals surface area contributed by atoms with Crippen molar-refractivity contribution in [2.45, 2.75) is 32.4 Å². The number of phosphoric acid groups is 1. The minimum absolute atomic E-state index is 0.259. The van der Waals surface area contributed by atoms with Gasteiger partial charge in [0.2, 0.25) is 0 Å². The third-order valence-corrected chi connectivity index (χ3v) is 3.27. The van der Waals surface area contributed by atoms with Gasteiger partial charge in [0.1, 0.15) is 6.23 Å². The number of hydrogen-bond donors (Lipinski definition) is 1. The summed E-state index contributed by atoms with van der Waals surface area (Å²) in [5, 5.41) is 0. The van der Waals surface area contributed by atoms with Crippen molar-refractivity contribution in [1.82, 2.24) is 4.90 Å². The van der Waals surface area contributed by atoms with E-state index in [4.69, 9.17) is 9.42 Å². The first-order chi connectivity index (χ1) is 6.59. The van der Waals surface area contributed by atoms with E-state index in [0.29, 0.717) is 0 Å². The van der Waals surface area contributed by atoms with Crippen LogP contribution in [0.15, 0.2) is 0 Å². The van der Waals surface area contributed by atoms with E-state index in [1.54, 1.807) is 0 Å². The first kappa shape index (κ1) is 12.1. The van der Waals surface area contributed by atoms with Gasteiger partial charge in [-0.05, 0) is 19.3 Å². The van der Waals surface area contributed by atoms with Crippen LogP contribution in [0, 0.1) is 0 Å². The molecule has 14 heavy (non-hydrogen) atoms. The summed E-state index contributed by atoms with van der Waals surface area (Å²) in [7, 11) is -2.64. The van der Waals surface area contributed by atoms with E-state index in [1.807, 2.05) is 0 Å². The van der Waals surface area contributed by atoms with Crippen molar-refractivity contribution in [1.29, 1.82) is 0 Å². The molecule has 1 heterocycles. The van der Waals surface area contributed by atoms with Gasteiger partial charge in [-0.3, -0.25) is 13.9 Å². The summed E-state index contributed by atoms with van der Waals surface area (Å²) in [5.41, 5.74) is 0. The Kier molecular flexibility index (Phi) is 4.54. The van der Waals surface area contributed by atoms with E-state index in [2.05, 4.69) is 16.3 Å². The molecule has 1 aliphatic rings. The maximum atomic E-state index is 11.2. The molecule has 0 aromatic carbocycles. The summed E-state index contributed by atoms with van der Waals surface area (Å²) in [6, 6.07) is 0. The summed E-state index contributed by atoms with van der Waals surface area (Å²) < 4.78 is 20.6. The zero-order valence-corrected chi connectivity index (χ0v) is 9.57. The van der Waals surface area contributed by atoms with Crippen molar-refractivity contribution in [2.24, 2.45) is 0 Å². The van der Waals surface area contributed by atoms with Crippen molar-refractivity contribution in [3.63, 3.8) is 0 Å². The molecule has 0 bridgehead atoms. The van der Waals surface area contributed by atoms with Crippen molar-refractivity contribution >= 4 is 7.82 Å². The second kappa shape index (κ2) is 5.24. The Morgan fingerprint density at radius 3 is 2.93 bits per heavy atom. The molecule has 0 amide bonds. The Morgan fingerprint density at radius 1 is 1.64 bits per heavy atom. The molecular formula is C8H18NO4P. The third-order valence-electron chi connectivity index (χ3n) is 2.30. The summed E-state index contributed by atoms with van der Waals surface area (Å²) in [6.45, 7) is 3.90. The molecule has 2 atom stereocenters. The molecule has 0 aromatic rings. The first-order valence-electron chi connectivity index (χ1n) is 4.90. The van der Waals surface area contributed by atoms with Crippen LogP contribution in [0.25, 0.3) is 0 Å². The molecular weight excluding hydrogens is 205 g/mol. The molecule has 5 nitrogen and oxygen atoms in total. The highest BCUT2D eigenvalue weighted by Crippen LogP contribution is 2.45. The van der Waals surface area contributed by atoms with E-state index in [0.717, 1.165) is 32.4 Å². The number of nitrogens with zero attached hydrogens (tertiary/aromatic N) is 1. The quantitative estimate of drug-likeness (QED) is 0.717. The molecule has 1 saturated heterocycles. The van der Waals surface area contributed by atoms with E-state index < -0.39 is 7.82 Å². The second-order valence-corrected chi connectivity index (χ2v) is 4.90. The topological polar surface area (TPSA) is 59.0 Å². The van der Waals surface area contributed by atoms with Crippen LogP contribution in [-0.2, 0) is 13.6 Å². The number of phosphoric ester groups is 1. The maximum Gasteiger partial charge on any atom is 0.473 e. The van der Waals surface area contributed by atoms with Gasteiger partial charge in [-0.15, -0.1) is 0 Å². The van der Waals surface area contributed by atoms with Crippen LogP contribution in [0.2, 0.25) is 0 Å². The average Bonchev–Trinajstić information content (AvgIpc) is 2.53.